The van der Waals surface area contributed by atoms with Crippen molar-refractivity contribution in [3.63, 3.8) is 0 Å². The maximum Gasteiger partial charge on any atom is 0.287 e. The number of hydrogen-bond donors (Lipinski definition) is 1. The molecule has 0 aliphatic rings. The third-order valence-electron chi connectivity index (χ3n) is 4.21. The molecule has 3 rings (SSSR count). The summed E-state index contributed by atoms with van der Waals surface area (Å²) >= 11 is 0. The van der Waals surface area contributed by atoms with Crippen molar-refractivity contribution in [1.82, 2.24) is 10.2 Å². The lowest BCUT2D eigenvalue weighted by Gasteiger charge is -2.26. The number of rotatable bonds is 7. The number of nitrogens with zero attached hydrogens (tertiary/aromatic N) is 1. The average Bonchev–Trinajstić information content (AvgIpc) is 3.23. The van der Waals surface area contributed by atoms with E-state index < -0.39 is 11.9 Å². The second-order valence-corrected chi connectivity index (χ2v) is 6.34. The number of furan rings is 1. The number of carbonyl (C=O) groups is 2. The number of hydrogen-bond acceptors (Lipinski definition) is 3. The minimum atomic E-state index is -0.671. The SMILES string of the molecule is CC(NC(=O)c1ccco1)C(=O)N(Cc1ccccc1)Cc1ccccc1. The zero-order chi connectivity index (χ0) is 19.1. The summed E-state index contributed by atoms with van der Waals surface area (Å²) in [5, 5.41) is 2.71. The summed E-state index contributed by atoms with van der Waals surface area (Å²) in [7, 11) is 0. The predicted molar refractivity (Wildman–Crippen MR) is 103 cm³/mol. The Morgan fingerprint density at radius 1 is 0.889 bits per heavy atom. The van der Waals surface area contributed by atoms with Gasteiger partial charge in [-0.15, -0.1) is 0 Å². The number of amides is 2. The molecule has 0 fully saturated rings. The Kier molecular flexibility index (Phi) is 6.05. The normalized spacial score (nSPS) is 11.6. The maximum absolute atomic E-state index is 13.0. The highest BCUT2D eigenvalue weighted by Crippen LogP contribution is 2.12. The molecule has 0 spiro atoms. The van der Waals surface area contributed by atoms with Crippen molar-refractivity contribution < 1.29 is 14.0 Å². The van der Waals surface area contributed by atoms with Crippen LogP contribution < -0.4 is 5.32 Å². The monoisotopic (exact) mass is 362 g/mol. The third kappa shape index (κ3) is 5.07. The van der Waals surface area contributed by atoms with Crippen molar-refractivity contribution in [1.29, 1.82) is 0 Å². The van der Waals surface area contributed by atoms with Gasteiger partial charge in [-0.3, -0.25) is 9.59 Å². The molecule has 2 aromatic carbocycles. The van der Waals surface area contributed by atoms with E-state index in [1.54, 1.807) is 24.0 Å². The molecule has 3 aromatic rings. The molecule has 0 aliphatic heterocycles. The fourth-order valence-electron chi connectivity index (χ4n) is 2.83. The summed E-state index contributed by atoms with van der Waals surface area (Å²) in [5.74, 6) is -0.366. The lowest BCUT2D eigenvalue weighted by Crippen LogP contribution is -2.46. The van der Waals surface area contributed by atoms with Crippen molar-refractivity contribution in [2.75, 3.05) is 0 Å². The van der Waals surface area contributed by atoms with E-state index in [9.17, 15) is 9.59 Å². The van der Waals surface area contributed by atoms with E-state index in [0.29, 0.717) is 13.1 Å². The molecule has 1 aromatic heterocycles. The molecule has 0 bridgehead atoms. The molecule has 1 heterocycles. The van der Waals surface area contributed by atoms with Crippen LogP contribution in [0.5, 0.6) is 0 Å². The zero-order valence-corrected chi connectivity index (χ0v) is 15.2. The van der Waals surface area contributed by atoms with Crippen LogP contribution in [0.25, 0.3) is 0 Å². The number of carbonyl (C=O) groups excluding carboxylic acids is 2. The van der Waals surface area contributed by atoms with E-state index in [1.807, 2.05) is 60.7 Å². The van der Waals surface area contributed by atoms with Crippen LogP contribution in [0.4, 0.5) is 0 Å². The van der Waals surface area contributed by atoms with Gasteiger partial charge in [0.05, 0.1) is 6.26 Å². The number of benzene rings is 2. The Bertz CT molecular complexity index is 820. The highest BCUT2D eigenvalue weighted by molar-refractivity contribution is 5.95. The highest BCUT2D eigenvalue weighted by Gasteiger charge is 2.23. The van der Waals surface area contributed by atoms with Crippen LogP contribution in [-0.4, -0.2) is 22.8 Å². The molecule has 2 amide bonds. The van der Waals surface area contributed by atoms with E-state index >= 15 is 0 Å². The molecule has 5 nitrogen and oxygen atoms in total. The lowest BCUT2D eigenvalue weighted by molar-refractivity contribution is -0.134. The van der Waals surface area contributed by atoms with Gasteiger partial charge in [-0.25, -0.2) is 0 Å². The van der Waals surface area contributed by atoms with Crippen LogP contribution in [0.2, 0.25) is 0 Å². The molecule has 1 unspecified atom stereocenters. The van der Waals surface area contributed by atoms with Gasteiger partial charge in [-0.1, -0.05) is 60.7 Å². The Morgan fingerprint density at radius 2 is 1.44 bits per heavy atom. The smallest absolute Gasteiger partial charge is 0.287 e. The van der Waals surface area contributed by atoms with Crippen molar-refractivity contribution in [2.45, 2.75) is 26.1 Å². The fraction of sp³-hybridized carbons (Fsp3) is 0.182. The van der Waals surface area contributed by atoms with Crippen LogP contribution in [0.1, 0.15) is 28.6 Å². The predicted octanol–water partition coefficient (Wildman–Crippen LogP) is 3.63. The van der Waals surface area contributed by atoms with E-state index in [1.165, 1.54) is 6.26 Å². The maximum atomic E-state index is 13.0. The van der Waals surface area contributed by atoms with Gasteiger partial charge in [-0.2, -0.15) is 0 Å². The summed E-state index contributed by atoms with van der Waals surface area (Å²) in [6, 6.07) is 22.1. The first-order valence-corrected chi connectivity index (χ1v) is 8.84. The molecule has 27 heavy (non-hydrogen) atoms. The summed E-state index contributed by atoms with van der Waals surface area (Å²) in [6.45, 7) is 2.62. The summed E-state index contributed by atoms with van der Waals surface area (Å²) in [5.41, 5.74) is 2.07. The second kappa shape index (κ2) is 8.85. The highest BCUT2D eigenvalue weighted by atomic mass is 16.3. The Labute approximate surface area is 158 Å². The quantitative estimate of drug-likeness (QED) is 0.698. The van der Waals surface area contributed by atoms with Gasteiger partial charge in [0, 0.05) is 13.1 Å². The van der Waals surface area contributed by atoms with Gasteiger partial charge in [0.2, 0.25) is 5.91 Å². The zero-order valence-electron chi connectivity index (χ0n) is 15.2. The first kappa shape index (κ1) is 18.5. The van der Waals surface area contributed by atoms with Gasteiger partial charge >= 0.3 is 0 Å². The average molecular weight is 362 g/mol. The van der Waals surface area contributed by atoms with Crippen molar-refractivity contribution in [3.05, 3.63) is 95.9 Å². The van der Waals surface area contributed by atoms with Gasteiger partial charge in [-0.05, 0) is 30.2 Å². The fourth-order valence-corrected chi connectivity index (χ4v) is 2.83. The molecule has 0 saturated heterocycles. The summed E-state index contributed by atoms with van der Waals surface area (Å²) < 4.78 is 5.09. The van der Waals surface area contributed by atoms with Crippen LogP contribution in [-0.2, 0) is 17.9 Å². The third-order valence-corrected chi connectivity index (χ3v) is 4.21. The first-order valence-electron chi connectivity index (χ1n) is 8.84. The Morgan fingerprint density at radius 3 is 1.93 bits per heavy atom. The van der Waals surface area contributed by atoms with Gasteiger partial charge in [0.1, 0.15) is 6.04 Å². The molecule has 1 N–H and O–H groups in total. The van der Waals surface area contributed by atoms with E-state index in [4.69, 9.17) is 4.42 Å². The van der Waals surface area contributed by atoms with E-state index in [-0.39, 0.29) is 11.7 Å². The topological polar surface area (TPSA) is 62.6 Å². The number of nitrogens with one attached hydrogen (secondary N) is 1. The molecular formula is C22H22N2O3. The van der Waals surface area contributed by atoms with Crippen LogP contribution in [0, 0.1) is 0 Å². The van der Waals surface area contributed by atoms with Crippen LogP contribution in [0.3, 0.4) is 0 Å². The van der Waals surface area contributed by atoms with E-state index in [2.05, 4.69) is 5.32 Å². The first-order chi connectivity index (χ1) is 13.1. The molecule has 5 heteroatoms. The molecular weight excluding hydrogens is 340 g/mol. The van der Waals surface area contributed by atoms with Crippen molar-refractivity contribution in [3.8, 4) is 0 Å². The minimum absolute atomic E-state index is 0.150. The van der Waals surface area contributed by atoms with Crippen LogP contribution in [0.15, 0.2) is 83.5 Å². The van der Waals surface area contributed by atoms with Gasteiger partial charge in [0.15, 0.2) is 5.76 Å². The molecule has 0 aliphatic carbocycles. The summed E-state index contributed by atoms with van der Waals surface area (Å²) in [6.07, 6.45) is 1.43. The Hall–Kier alpha value is -3.34. The second-order valence-electron chi connectivity index (χ2n) is 6.34. The summed E-state index contributed by atoms with van der Waals surface area (Å²) in [4.78, 5) is 27.0. The van der Waals surface area contributed by atoms with Crippen molar-refractivity contribution in [2.24, 2.45) is 0 Å². The lowest BCUT2D eigenvalue weighted by atomic mass is 10.1. The molecule has 0 saturated carbocycles. The Balaban J connectivity index is 1.73. The molecule has 1 atom stereocenters. The minimum Gasteiger partial charge on any atom is -0.459 e. The van der Waals surface area contributed by atoms with Gasteiger partial charge < -0.3 is 14.6 Å². The molecule has 0 radical (unpaired) electrons. The van der Waals surface area contributed by atoms with E-state index in [0.717, 1.165) is 11.1 Å². The molecule has 138 valence electrons. The van der Waals surface area contributed by atoms with Gasteiger partial charge in [0.25, 0.3) is 5.91 Å². The van der Waals surface area contributed by atoms with Crippen LogP contribution >= 0.6 is 0 Å². The van der Waals surface area contributed by atoms with Crippen molar-refractivity contribution >= 4 is 11.8 Å². The largest absolute Gasteiger partial charge is 0.459 e. The standard InChI is InChI=1S/C22H22N2O3/c1-17(23-21(25)20-13-8-14-27-20)22(26)24(15-18-9-4-2-5-10-18)16-19-11-6-3-7-12-19/h2-14,17H,15-16H2,1H3,(H,23,25).